The van der Waals surface area contributed by atoms with Gasteiger partial charge in [0.05, 0.1) is 36.7 Å². The van der Waals surface area contributed by atoms with E-state index in [-0.39, 0.29) is 5.88 Å². The molecule has 1 heterocycles. The molecule has 0 aliphatic rings. The van der Waals surface area contributed by atoms with Crippen molar-refractivity contribution in [3.63, 3.8) is 0 Å². The van der Waals surface area contributed by atoms with Crippen molar-refractivity contribution in [1.82, 2.24) is 10.3 Å². The highest BCUT2D eigenvalue weighted by molar-refractivity contribution is 6.14. The Morgan fingerprint density at radius 1 is 1.10 bits per heavy atom. The molecule has 0 atom stereocenters. The van der Waals surface area contributed by atoms with E-state index in [9.17, 15) is 5.11 Å². The van der Waals surface area contributed by atoms with E-state index in [0.29, 0.717) is 29.4 Å². The summed E-state index contributed by atoms with van der Waals surface area (Å²) in [7, 11) is 3.19. The lowest BCUT2D eigenvalue weighted by Crippen LogP contribution is -2.18. The fourth-order valence-corrected chi connectivity index (χ4v) is 3.46. The van der Waals surface area contributed by atoms with Crippen LogP contribution in [0.4, 0.5) is 5.69 Å². The minimum absolute atomic E-state index is 0.0930. The highest BCUT2D eigenvalue weighted by Crippen LogP contribution is 2.37. The van der Waals surface area contributed by atoms with Gasteiger partial charge in [-0.05, 0) is 42.6 Å². The Labute approximate surface area is 177 Å². The van der Waals surface area contributed by atoms with Gasteiger partial charge < -0.3 is 24.9 Å². The first-order chi connectivity index (χ1) is 14.5. The number of nitrogens with zero attached hydrogens (tertiary/aromatic N) is 1. The molecule has 1 aromatic heterocycles. The average Bonchev–Trinajstić information content (AvgIpc) is 3.06. The monoisotopic (exact) mass is 409 g/mol. The van der Waals surface area contributed by atoms with Crippen LogP contribution in [0.25, 0.3) is 10.9 Å². The number of nitrogens with one attached hydrogen (secondary N) is 2. The molecule has 0 saturated carbocycles. The first-order valence-electron chi connectivity index (χ1n) is 10.3. The molecule has 160 valence electrons. The molecule has 3 rings (SSSR count). The predicted octanol–water partition coefficient (Wildman–Crippen LogP) is 5.17. The van der Waals surface area contributed by atoms with E-state index in [1.54, 1.807) is 14.2 Å². The maximum absolute atomic E-state index is 10.6. The van der Waals surface area contributed by atoms with Crippen molar-refractivity contribution in [2.24, 2.45) is 10.9 Å². The fourth-order valence-electron chi connectivity index (χ4n) is 3.46. The van der Waals surface area contributed by atoms with Crippen LogP contribution in [0.3, 0.4) is 0 Å². The van der Waals surface area contributed by atoms with Crippen LogP contribution in [0.5, 0.6) is 17.4 Å². The van der Waals surface area contributed by atoms with Gasteiger partial charge in [0.25, 0.3) is 0 Å². The number of hydrogen-bond donors (Lipinski definition) is 3. The van der Waals surface area contributed by atoms with E-state index in [1.165, 1.54) is 5.56 Å². The zero-order valence-corrected chi connectivity index (χ0v) is 18.4. The number of benzene rings is 2. The van der Waals surface area contributed by atoms with Crippen LogP contribution < -0.4 is 14.8 Å². The Kier molecular flexibility index (Phi) is 7.00. The van der Waals surface area contributed by atoms with Crippen LogP contribution in [-0.2, 0) is 6.54 Å². The summed E-state index contributed by atoms with van der Waals surface area (Å²) in [6.45, 7) is 8.26. The molecule has 30 heavy (non-hydrogen) atoms. The van der Waals surface area contributed by atoms with E-state index >= 15 is 0 Å². The molecule has 0 aliphatic carbocycles. The molecule has 0 bridgehead atoms. The van der Waals surface area contributed by atoms with Crippen molar-refractivity contribution in [2.75, 3.05) is 20.8 Å². The minimum atomic E-state index is 0.0930. The van der Waals surface area contributed by atoms with Crippen LogP contribution in [0.2, 0.25) is 0 Å². The smallest absolute Gasteiger partial charge is 0.198 e. The van der Waals surface area contributed by atoms with Gasteiger partial charge in [-0.25, -0.2) is 0 Å². The first kappa shape index (κ1) is 21.7. The summed E-state index contributed by atoms with van der Waals surface area (Å²) in [4.78, 5) is 7.85. The van der Waals surface area contributed by atoms with Gasteiger partial charge in [0.15, 0.2) is 17.4 Å². The molecule has 0 spiro atoms. The molecule has 3 aromatic rings. The van der Waals surface area contributed by atoms with E-state index < -0.39 is 0 Å². The standard InChI is InChI=1S/C24H31N3O3/c1-6-19(26-17-9-7-16(8-10-17)14-25-13-15(2)3)23-18-11-21(29-4)22(30-5)12-20(18)27-24(23)28/h7-12,15,25,27-28H,6,13-14H2,1-5H3. The first-order valence-corrected chi connectivity index (χ1v) is 10.3. The Morgan fingerprint density at radius 3 is 2.37 bits per heavy atom. The molecular formula is C24H31N3O3. The molecule has 0 saturated heterocycles. The number of aromatic nitrogens is 1. The van der Waals surface area contributed by atoms with Crippen molar-refractivity contribution < 1.29 is 14.6 Å². The number of fused-ring (bicyclic) bond motifs is 1. The summed E-state index contributed by atoms with van der Waals surface area (Å²) in [5.74, 6) is 1.94. The SMILES string of the molecule is CCC(=Nc1ccc(CNCC(C)C)cc1)c1c(O)[nH]c2cc(OC)c(OC)cc12. The highest BCUT2D eigenvalue weighted by Gasteiger charge is 2.18. The van der Waals surface area contributed by atoms with Crippen molar-refractivity contribution in [3.8, 4) is 17.4 Å². The third-order valence-electron chi connectivity index (χ3n) is 4.99. The Balaban J connectivity index is 1.92. The number of aromatic hydroxyl groups is 1. The second kappa shape index (κ2) is 9.67. The third kappa shape index (κ3) is 4.76. The maximum Gasteiger partial charge on any atom is 0.198 e. The molecule has 0 fully saturated rings. The number of aliphatic imine (C=N–C) groups is 1. The molecule has 3 N–H and O–H groups in total. The van der Waals surface area contributed by atoms with Gasteiger partial charge in [-0.3, -0.25) is 4.99 Å². The zero-order valence-electron chi connectivity index (χ0n) is 18.4. The van der Waals surface area contributed by atoms with Gasteiger partial charge in [-0.1, -0.05) is 32.9 Å². The van der Waals surface area contributed by atoms with Crippen LogP contribution in [-0.4, -0.2) is 36.6 Å². The second-order valence-electron chi connectivity index (χ2n) is 7.70. The average molecular weight is 410 g/mol. The number of rotatable bonds is 9. The zero-order chi connectivity index (χ0) is 21.7. The number of ether oxygens (including phenoxy) is 2. The van der Waals surface area contributed by atoms with Gasteiger partial charge in [-0.15, -0.1) is 0 Å². The van der Waals surface area contributed by atoms with E-state index in [0.717, 1.165) is 35.4 Å². The van der Waals surface area contributed by atoms with Gasteiger partial charge in [-0.2, -0.15) is 0 Å². The van der Waals surface area contributed by atoms with Gasteiger partial charge in [0.1, 0.15) is 0 Å². The van der Waals surface area contributed by atoms with Crippen LogP contribution in [0, 0.1) is 5.92 Å². The topological polar surface area (TPSA) is 78.9 Å². The van der Waals surface area contributed by atoms with Crippen LogP contribution in [0.15, 0.2) is 41.4 Å². The molecule has 6 nitrogen and oxygen atoms in total. The summed E-state index contributed by atoms with van der Waals surface area (Å²) < 4.78 is 10.8. The fraction of sp³-hybridized carbons (Fsp3) is 0.375. The normalized spacial score (nSPS) is 12.0. The summed E-state index contributed by atoms with van der Waals surface area (Å²) in [5, 5.41) is 14.9. The molecule has 0 amide bonds. The van der Waals surface area contributed by atoms with E-state index in [2.05, 4.69) is 36.3 Å². The van der Waals surface area contributed by atoms with Crippen molar-refractivity contribution in [2.45, 2.75) is 33.7 Å². The van der Waals surface area contributed by atoms with Crippen molar-refractivity contribution in [3.05, 3.63) is 47.5 Å². The quantitative estimate of drug-likeness (QED) is 0.426. The molecule has 2 aromatic carbocycles. The number of H-pyrrole nitrogens is 1. The number of methoxy groups -OCH3 is 2. The van der Waals surface area contributed by atoms with Crippen LogP contribution in [0.1, 0.15) is 38.3 Å². The van der Waals surface area contributed by atoms with Gasteiger partial charge >= 0.3 is 0 Å². The lowest BCUT2D eigenvalue weighted by Gasteiger charge is -2.09. The number of aromatic amines is 1. The summed E-state index contributed by atoms with van der Waals surface area (Å²) in [5.41, 5.74) is 4.34. The maximum atomic E-state index is 10.6. The number of hydrogen-bond acceptors (Lipinski definition) is 5. The largest absolute Gasteiger partial charge is 0.494 e. The predicted molar refractivity (Wildman–Crippen MR) is 123 cm³/mol. The minimum Gasteiger partial charge on any atom is -0.494 e. The Bertz CT molecular complexity index is 1020. The van der Waals surface area contributed by atoms with E-state index in [1.807, 2.05) is 31.2 Å². The summed E-state index contributed by atoms with van der Waals surface area (Å²) in [6, 6.07) is 11.9. The molecule has 0 unspecified atom stereocenters. The lowest BCUT2D eigenvalue weighted by atomic mass is 10.1. The van der Waals surface area contributed by atoms with Gasteiger partial charge in [0, 0.05) is 18.0 Å². The van der Waals surface area contributed by atoms with Crippen molar-refractivity contribution in [1.29, 1.82) is 0 Å². The summed E-state index contributed by atoms with van der Waals surface area (Å²) >= 11 is 0. The highest BCUT2D eigenvalue weighted by atomic mass is 16.5. The Hall–Kier alpha value is -2.99. The molecular weight excluding hydrogens is 378 g/mol. The van der Waals surface area contributed by atoms with E-state index in [4.69, 9.17) is 14.5 Å². The lowest BCUT2D eigenvalue weighted by molar-refractivity contribution is 0.356. The third-order valence-corrected chi connectivity index (χ3v) is 4.99. The molecule has 0 aliphatic heterocycles. The van der Waals surface area contributed by atoms with Crippen molar-refractivity contribution >= 4 is 22.3 Å². The molecule has 0 radical (unpaired) electrons. The van der Waals surface area contributed by atoms with Crippen LogP contribution >= 0.6 is 0 Å². The van der Waals surface area contributed by atoms with Gasteiger partial charge in [0.2, 0.25) is 0 Å². The second-order valence-corrected chi connectivity index (χ2v) is 7.70. The summed E-state index contributed by atoms with van der Waals surface area (Å²) in [6.07, 6.45) is 0.673. The Morgan fingerprint density at radius 2 is 1.77 bits per heavy atom. The molecule has 6 heteroatoms.